The standard InChI is InChI=1S/C14H22O4/c15-13-9-10-14(16)18-12-8-6-4-2-1-3-5-7-11-17-13/h1-2H,3-12H2/b2-1+. The Bertz CT molecular complexity index is 256. The fourth-order valence-electron chi connectivity index (χ4n) is 1.68. The summed E-state index contributed by atoms with van der Waals surface area (Å²) >= 11 is 0. The molecule has 1 aliphatic rings. The van der Waals surface area contributed by atoms with E-state index >= 15 is 0 Å². The fourth-order valence-corrected chi connectivity index (χ4v) is 1.68. The number of allylic oxidation sites excluding steroid dienone is 2. The van der Waals surface area contributed by atoms with E-state index in [2.05, 4.69) is 12.2 Å². The molecule has 0 saturated carbocycles. The Kier molecular flexibility index (Phi) is 7.93. The van der Waals surface area contributed by atoms with Crippen LogP contribution in [0.4, 0.5) is 0 Å². The molecule has 0 aliphatic carbocycles. The monoisotopic (exact) mass is 254 g/mol. The van der Waals surface area contributed by atoms with E-state index in [-0.39, 0.29) is 24.8 Å². The van der Waals surface area contributed by atoms with E-state index in [1.165, 1.54) is 0 Å². The summed E-state index contributed by atoms with van der Waals surface area (Å²) in [6, 6.07) is 0. The van der Waals surface area contributed by atoms with Gasteiger partial charge in [-0.2, -0.15) is 0 Å². The molecule has 0 radical (unpaired) electrons. The molecule has 1 aliphatic heterocycles. The van der Waals surface area contributed by atoms with E-state index in [1.54, 1.807) is 0 Å². The Morgan fingerprint density at radius 1 is 0.722 bits per heavy atom. The zero-order chi connectivity index (χ0) is 13.1. The Morgan fingerprint density at radius 2 is 1.17 bits per heavy atom. The van der Waals surface area contributed by atoms with Gasteiger partial charge >= 0.3 is 11.9 Å². The van der Waals surface area contributed by atoms with Gasteiger partial charge < -0.3 is 9.47 Å². The fraction of sp³-hybridized carbons (Fsp3) is 0.714. The number of rotatable bonds is 0. The first kappa shape index (κ1) is 14.7. The molecular weight excluding hydrogens is 232 g/mol. The van der Waals surface area contributed by atoms with Crippen molar-refractivity contribution in [2.24, 2.45) is 0 Å². The van der Waals surface area contributed by atoms with Crippen molar-refractivity contribution >= 4 is 11.9 Å². The number of esters is 2. The summed E-state index contributed by atoms with van der Waals surface area (Å²) in [7, 11) is 0. The van der Waals surface area contributed by atoms with E-state index in [9.17, 15) is 9.59 Å². The number of hydrogen-bond acceptors (Lipinski definition) is 4. The predicted octanol–water partition coefficient (Wildman–Crippen LogP) is 2.76. The number of carbonyl (C=O) groups excluding carboxylic acids is 2. The Hall–Kier alpha value is -1.32. The first-order valence-corrected chi connectivity index (χ1v) is 6.75. The van der Waals surface area contributed by atoms with Gasteiger partial charge in [0.25, 0.3) is 0 Å². The molecule has 0 aromatic heterocycles. The van der Waals surface area contributed by atoms with Gasteiger partial charge in [0, 0.05) is 0 Å². The molecule has 0 N–H and O–H groups in total. The van der Waals surface area contributed by atoms with E-state index in [0.29, 0.717) is 13.2 Å². The number of ether oxygens (including phenoxy) is 2. The second-order valence-electron chi connectivity index (χ2n) is 4.40. The lowest BCUT2D eigenvalue weighted by molar-refractivity contribution is -0.150. The predicted molar refractivity (Wildman–Crippen MR) is 68.0 cm³/mol. The minimum absolute atomic E-state index is 0.124. The summed E-state index contributed by atoms with van der Waals surface area (Å²) in [6.45, 7) is 0.892. The van der Waals surface area contributed by atoms with Crippen LogP contribution in [0.5, 0.6) is 0 Å². The van der Waals surface area contributed by atoms with E-state index in [1.807, 2.05) is 0 Å². The molecule has 4 heteroatoms. The van der Waals surface area contributed by atoms with Crippen molar-refractivity contribution in [3.63, 3.8) is 0 Å². The molecule has 0 spiro atoms. The van der Waals surface area contributed by atoms with Crippen molar-refractivity contribution in [3.8, 4) is 0 Å². The molecule has 0 aromatic rings. The smallest absolute Gasteiger partial charge is 0.306 e. The molecule has 0 unspecified atom stereocenters. The van der Waals surface area contributed by atoms with Gasteiger partial charge in [-0.15, -0.1) is 0 Å². The first-order chi connectivity index (χ1) is 8.79. The minimum Gasteiger partial charge on any atom is -0.466 e. The van der Waals surface area contributed by atoms with Crippen LogP contribution >= 0.6 is 0 Å². The largest absolute Gasteiger partial charge is 0.466 e. The quantitative estimate of drug-likeness (QED) is 0.492. The maximum atomic E-state index is 11.3. The summed E-state index contributed by atoms with van der Waals surface area (Å²) in [5.74, 6) is -0.621. The molecule has 0 fully saturated rings. The molecule has 0 atom stereocenters. The Balaban J connectivity index is 2.30. The molecule has 0 bridgehead atoms. The van der Waals surface area contributed by atoms with Crippen LogP contribution in [0.3, 0.4) is 0 Å². The van der Waals surface area contributed by atoms with Crippen molar-refractivity contribution in [2.75, 3.05) is 13.2 Å². The maximum absolute atomic E-state index is 11.3. The number of cyclic esters (lactones) is 2. The number of hydrogen-bond donors (Lipinski definition) is 0. The first-order valence-electron chi connectivity index (χ1n) is 6.75. The molecule has 102 valence electrons. The highest BCUT2D eigenvalue weighted by atomic mass is 16.5. The lowest BCUT2D eigenvalue weighted by atomic mass is 10.2. The van der Waals surface area contributed by atoms with Gasteiger partial charge in [0.05, 0.1) is 26.1 Å². The Labute approximate surface area is 108 Å². The van der Waals surface area contributed by atoms with Crippen molar-refractivity contribution in [1.82, 2.24) is 0 Å². The summed E-state index contributed by atoms with van der Waals surface area (Å²) in [6.07, 6.45) is 10.5. The van der Waals surface area contributed by atoms with E-state index in [4.69, 9.17) is 9.47 Å². The zero-order valence-corrected chi connectivity index (χ0v) is 10.9. The third-order valence-corrected chi connectivity index (χ3v) is 2.76. The zero-order valence-electron chi connectivity index (χ0n) is 10.9. The molecular formula is C14H22O4. The lowest BCUT2D eigenvalue weighted by Gasteiger charge is -2.06. The average Bonchev–Trinajstić information content (AvgIpc) is 2.36. The molecule has 0 amide bonds. The van der Waals surface area contributed by atoms with Gasteiger partial charge in [0.2, 0.25) is 0 Å². The lowest BCUT2D eigenvalue weighted by Crippen LogP contribution is -2.11. The van der Waals surface area contributed by atoms with E-state index in [0.717, 1.165) is 38.5 Å². The second kappa shape index (κ2) is 9.68. The van der Waals surface area contributed by atoms with Gasteiger partial charge in [0.15, 0.2) is 0 Å². The van der Waals surface area contributed by atoms with Crippen LogP contribution in [0.1, 0.15) is 51.4 Å². The summed E-state index contributed by atoms with van der Waals surface area (Å²) < 4.78 is 10.0. The summed E-state index contributed by atoms with van der Waals surface area (Å²) in [5, 5.41) is 0. The van der Waals surface area contributed by atoms with Crippen LogP contribution in [-0.2, 0) is 19.1 Å². The van der Waals surface area contributed by atoms with Gasteiger partial charge in [-0.25, -0.2) is 0 Å². The molecule has 0 saturated heterocycles. The van der Waals surface area contributed by atoms with Crippen LogP contribution in [-0.4, -0.2) is 25.2 Å². The normalized spacial score (nSPS) is 22.9. The topological polar surface area (TPSA) is 52.6 Å². The third-order valence-electron chi connectivity index (χ3n) is 2.76. The molecule has 4 nitrogen and oxygen atoms in total. The highest BCUT2D eigenvalue weighted by Gasteiger charge is 2.08. The maximum Gasteiger partial charge on any atom is 0.306 e. The van der Waals surface area contributed by atoms with E-state index < -0.39 is 0 Å². The minimum atomic E-state index is -0.311. The van der Waals surface area contributed by atoms with Gasteiger partial charge in [-0.3, -0.25) is 9.59 Å². The van der Waals surface area contributed by atoms with Gasteiger partial charge in [0.1, 0.15) is 0 Å². The molecule has 0 aromatic carbocycles. The van der Waals surface area contributed by atoms with Crippen molar-refractivity contribution in [1.29, 1.82) is 0 Å². The third kappa shape index (κ3) is 7.87. The van der Waals surface area contributed by atoms with Crippen molar-refractivity contribution < 1.29 is 19.1 Å². The molecule has 18 heavy (non-hydrogen) atoms. The van der Waals surface area contributed by atoms with Crippen LogP contribution in [0.15, 0.2) is 12.2 Å². The van der Waals surface area contributed by atoms with Gasteiger partial charge in [-0.05, 0) is 38.5 Å². The highest BCUT2D eigenvalue weighted by Crippen LogP contribution is 2.04. The Morgan fingerprint density at radius 3 is 1.61 bits per heavy atom. The highest BCUT2D eigenvalue weighted by molar-refractivity contribution is 5.77. The van der Waals surface area contributed by atoms with Crippen LogP contribution in [0, 0.1) is 0 Å². The molecule has 1 heterocycles. The van der Waals surface area contributed by atoms with Gasteiger partial charge in [-0.1, -0.05) is 12.2 Å². The summed E-state index contributed by atoms with van der Waals surface area (Å²) in [4.78, 5) is 22.6. The van der Waals surface area contributed by atoms with Crippen LogP contribution in [0.25, 0.3) is 0 Å². The van der Waals surface area contributed by atoms with Crippen molar-refractivity contribution in [2.45, 2.75) is 51.4 Å². The SMILES string of the molecule is O=C1CCC(=O)OCCCC/C=C/CCCCO1. The second-order valence-corrected chi connectivity index (χ2v) is 4.40. The van der Waals surface area contributed by atoms with Crippen LogP contribution < -0.4 is 0 Å². The average molecular weight is 254 g/mol. The number of carbonyl (C=O) groups is 2. The van der Waals surface area contributed by atoms with Crippen molar-refractivity contribution in [3.05, 3.63) is 12.2 Å². The molecule has 1 rings (SSSR count). The summed E-state index contributed by atoms with van der Waals surface area (Å²) in [5.41, 5.74) is 0. The van der Waals surface area contributed by atoms with Crippen LogP contribution in [0.2, 0.25) is 0 Å².